The van der Waals surface area contributed by atoms with Crippen LogP contribution in [-0.4, -0.2) is 29.6 Å². The minimum Gasteiger partial charge on any atom is -0.480 e. The van der Waals surface area contributed by atoms with Gasteiger partial charge in [-0.3, -0.25) is 4.79 Å². The second-order valence-corrected chi connectivity index (χ2v) is 8.44. The van der Waals surface area contributed by atoms with Crippen molar-refractivity contribution >= 4 is 23.7 Å². The highest BCUT2D eigenvalue weighted by atomic mass is 35.5. The van der Waals surface area contributed by atoms with Crippen LogP contribution in [0.5, 0.6) is 0 Å². The van der Waals surface area contributed by atoms with Crippen molar-refractivity contribution in [2.75, 3.05) is 6.54 Å². The number of unbranched alkanes of at least 4 members (excludes halogenated alkanes) is 12. The van der Waals surface area contributed by atoms with Crippen LogP contribution in [0.2, 0.25) is 0 Å². The molecule has 0 aromatic heterocycles. The number of aliphatic carboxylic acids is 1. The molecule has 0 heterocycles. The first-order valence-corrected chi connectivity index (χ1v) is 12.5. The molecule has 0 unspecified atom stereocenters. The SMILES string of the molecule is CCCC/C=C\CCCCCCCCCCCC(=O)N[C@@H](CCCCNCl)C(=O)O. The van der Waals surface area contributed by atoms with Gasteiger partial charge in [-0.25, -0.2) is 9.63 Å². The van der Waals surface area contributed by atoms with Crippen LogP contribution in [0.3, 0.4) is 0 Å². The average molecular weight is 445 g/mol. The molecular formula is C24H45ClN2O3. The Bertz CT molecular complexity index is 444. The van der Waals surface area contributed by atoms with Gasteiger partial charge in [0, 0.05) is 13.0 Å². The zero-order valence-electron chi connectivity index (χ0n) is 19.1. The first-order valence-electron chi connectivity index (χ1n) is 12.1. The normalized spacial score (nSPS) is 12.3. The number of nitrogens with one attached hydrogen (secondary N) is 2. The topological polar surface area (TPSA) is 78.4 Å². The van der Waals surface area contributed by atoms with Crippen LogP contribution >= 0.6 is 11.8 Å². The van der Waals surface area contributed by atoms with E-state index in [4.69, 9.17) is 11.8 Å². The molecular weight excluding hydrogens is 400 g/mol. The number of carbonyl (C=O) groups excluding carboxylic acids is 1. The number of hydrogen-bond donors (Lipinski definition) is 3. The molecule has 176 valence electrons. The lowest BCUT2D eigenvalue weighted by atomic mass is 10.0. The van der Waals surface area contributed by atoms with Gasteiger partial charge < -0.3 is 10.4 Å². The van der Waals surface area contributed by atoms with Crippen LogP contribution in [0.1, 0.15) is 116 Å². The second-order valence-electron chi connectivity index (χ2n) is 8.17. The first-order chi connectivity index (χ1) is 14.6. The summed E-state index contributed by atoms with van der Waals surface area (Å²) in [7, 11) is 0. The van der Waals surface area contributed by atoms with Gasteiger partial charge in [-0.2, -0.15) is 0 Å². The fraction of sp³-hybridized carbons (Fsp3) is 0.833. The molecule has 0 aliphatic heterocycles. The monoisotopic (exact) mass is 444 g/mol. The van der Waals surface area contributed by atoms with Gasteiger partial charge in [0.2, 0.25) is 5.91 Å². The van der Waals surface area contributed by atoms with Gasteiger partial charge in [-0.1, -0.05) is 76.9 Å². The van der Waals surface area contributed by atoms with E-state index in [0.29, 0.717) is 25.8 Å². The molecule has 5 nitrogen and oxygen atoms in total. The number of carboxylic acid groups (broad SMARTS) is 1. The minimum atomic E-state index is -0.963. The predicted octanol–water partition coefficient (Wildman–Crippen LogP) is 6.51. The first kappa shape index (κ1) is 28.9. The number of carboxylic acids is 1. The Morgan fingerprint density at radius 3 is 1.97 bits per heavy atom. The largest absolute Gasteiger partial charge is 0.480 e. The minimum absolute atomic E-state index is 0.151. The summed E-state index contributed by atoms with van der Waals surface area (Å²) in [4.78, 5) is 25.7. The van der Waals surface area contributed by atoms with Crippen molar-refractivity contribution < 1.29 is 14.7 Å². The Balaban J connectivity index is 3.50. The third-order valence-electron chi connectivity index (χ3n) is 5.31. The summed E-state index contributed by atoms with van der Waals surface area (Å²) in [5, 5.41) is 11.9. The molecule has 0 radical (unpaired) electrons. The highest BCUT2D eigenvalue weighted by molar-refractivity contribution is 6.13. The second kappa shape index (κ2) is 22.6. The number of rotatable bonds is 22. The molecule has 30 heavy (non-hydrogen) atoms. The molecule has 6 heteroatoms. The maximum absolute atomic E-state index is 12.0. The van der Waals surface area contributed by atoms with E-state index in [-0.39, 0.29) is 5.91 Å². The van der Waals surface area contributed by atoms with Crippen LogP contribution in [0.15, 0.2) is 12.2 Å². The van der Waals surface area contributed by atoms with E-state index in [9.17, 15) is 14.7 Å². The van der Waals surface area contributed by atoms with Gasteiger partial charge in [-0.15, -0.1) is 0 Å². The van der Waals surface area contributed by atoms with E-state index in [1.54, 1.807) is 0 Å². The van der Waals surface area contributed by atoms with Gasteiger partial charge in [0.1, 0.15) is 6.04 Å². The van der Waals surface area contributed by atoms with Gasteiger partial charge in [0.25, 0.3) is 0 Å². The summed E-state index contributed by atoms with van der Waals surface area (Å²) in [6, 6.07) is -0.792. The van der Waals surface area contributed by atoms with Crippen molar-refractivity contribution in [3.8, 4) is 0 Å². The summed E-state index contributed by atoms with van der Waals surface area (Å²) < 4.78 is 0. The molecule has 0 saturated carbocycles. The average Bonchev–Trinajstić information content (AvgIpc) is 2.73. The summed E-state index contributed by atoms with van der Waals surface area (Å²) in [6.07, 6.45) is 22.8. The lowest BCUT2D eigenvalue weighted by Crippen LogP contribution is -2.40. The Kier molecular flexibility index (Phi) is 21.8. The molecule has 1 atom stereocenters. The van der Waals surface area contributed by atoms with E-state index >= 15 is 0 Å². The zero-order valence-corrected chi connectivity index (χ0v) is 19.9. The van der Waals surface area contributed by atoms with Crippen LogP contribution in [0.4, 0.5) is 0 Å². The number of allylic oxidation sites excluding steroid dienone is 2. The predicted molar refractivity (Wildman–Crippen MR) is 127 cm³/mol. The van der Waals surface area contributed by atoms with Crippen LogP contribution in [-0.2, 0) is 9.59 Å². The fourth-order valence-electron chi connectivity index (χ4n) is 3.41. The Morgan fingerprint density at radius 2 is 1.40 bits per heavy atom. The van der Waals surface area contributed by atoms with Gasteiger partial charge in [0.15, 0.2) is 0 Å². The molecule has 0 aromatic carbocycles. The molecule has 3 N–H and O–H groups in total. The summed E-state index contributed by atoms with van der Waals surface area (Å²) in [5.74, 6) is -1.11. The molecule has 0 fully saturated rings. The van der Waals surface area contributed by atoms with Gasteiger partial charge in [0.05, 0.1) is 0 Å². The lowest BCUT2D eigenvalue weighted by Gasteiger charge is -2.14. The van der Waals surface area contributed by atoms with Crippen LogP contribution < -0.4 is 10.2 Å². The van der Waals surface area contributed by atoms with E-state index < -0.39 is 12.0 Å². The smallest absolute Gasteiger partial charge is 0.326 e. The zero-order chi connectivity index (χ0) is 22.3. The number of halogens is 1. The highest BCUT2D eigenvalue weighted by Gasteiger charge is 2.18. The third kappa shape index (κ3) is 20.2. The molecule has 0 aliphatic rings. The Morgan fingerprint density at radius 1 is 0.833 bits per heavy atom. The quantitative estimate of drug-likeness (QED) is 0.101. The number of hydrogen-bond acceptors (Lipinski definition) is 3. The molecule has 0 spiro atoms. The third-order valence-corrected chi connectivity index (χ3v) is 5.50. The van der Waals surface area contributed by atoms with E-state index in [1.165, 1.54) is 64.2 Å². The van der Waals surface area contributed by atoms with E-state index in [0.717, 1.165) is 25.7 Å². The highest BCUT2D eigenvalue weighted by Crippen LogP contribution is 2.12. The van der Waals surface area contributed by atoms with Crippen molar-refractivity contribution in [2.24, 2.45) is 0 Å². The molecule has 0 aliphatic carbocycles. The van der Waals surface area contributed by atoms with E-state index in [1.807, 2.05) is 0 Å². The summed E-state index contributed by atoms with van der Waals surface area (Å²) in [5.41, 5.74) is 0. The van der Waals surface area contributed by atoms with E-state index in [2.05, 4.69) is 29.2 Å². The molecule has 0 rings (SSSR count). The fourth-order valence-corrected chi connectivity index (χ4v) is 3.54. The van der Waals surface area contributed by atoms with Crippen molar-refractivity contribution in [3.63, 3.8) is 0 Å². The molecule has 0 saturated heterocycles. The lowest BCUT2D eigenvalue weighted by molar-refractivity contribution is -0.142. The maximum Gasteiger partial charge on any atom is 0.326 e. The van der Waals surface area contributed by atoms with Crippen molar-refractivity contribution in [3.05, 3.63) is 12.2 Å². The van der Waals surface area contributed by atoms with Crippen LogP contribution in [0, 0.1) is 0 Å². The van der Waals surface area contributed by atoms with Crippen molar-refractivity contribution in [1.82, 2.24) is 10.2 Å². The standard InChI is InChI=1S/C24H45ClN2O3/c1-2-3-4-5-6-7-8-9-10-11-12-13-14-15-16-20-23(28)27-22(24(29)30)19-17-18-21-26-25/h5-6,22,26H,2-4,7-21H2,1H3,(H,27,28)(H,29,30)/b6-5-/t22-/m0/s1. The number of amides is 1. The molecule has 1 amide bonds. The van der Waals surface area contributed by atoms with Crippen LogP contribution in [0.25, 0.3) is 0 Å². The number of carbonyl (C=O) groups is 2. The van der Waals surface area contributed by atoms with Gasteiger partial charge in [-0.05, 0) is 56.7 Å². The maximum atomic E-state index is 12.0. The summed E-state index contributed by atoms with van der Waals surface area (Å²) in [6.45, 7) is 2.87. The summed E-state index contributed by atoms with van der Waals surface area (Å²) >= 11 is 5.38. The molecule has 0 aromatic rings. The molecule has 0 bridgehead atoms. The van der Waals surface area contributed by atoms with Crippen molar-refractivity contribution in [2.45, 2.75) is 122 Å². The van der Waals surface area contributed by atoms with Crippen molar-refractivity contribution in [1.29, 1.82) is 0 Å². The Hall–Kier alpha value is -1.07. The van der Waals surface area contributed by atoms with Gasteiger partial charge >= 0.3 is 5.97 Å². The Labute approximate surface area is 189 Å².